The largest absolute Gasteiger partial charge is 0.490 e. The van der Waals surface area contributed by atoms with Crippen molar-refractivity contribution >= 4 is 18.1 Å². The van der Waals surface area contributed by atoms with Gasteiger partial charge in [0.2, 0.25) is 0 Å². The van der Waals surface area contributed by atoms with Gasteiger partial charge in [0.25, 0.3) is 0 Å². The van der Waals surface area contributed by atoms with Crippen molar-refractivity contribution in [2.75, 3.05) is 6.61 Å². The van der Waals surface area contributed by atoms with Crippen molar-refractivity contribution in [3.8, 4) is 11.5 Å². The van der Waals surface area contributed by atoms with Gasteiger partial charge in [-0.1, -0.05) is 32.1 Å². The third kappa shape index (κ3) is 5.54. The van der Waals surface area contributed by atoms with E-state index in [1.807, 2.05) is 63.3 Å². The molecule has 0 aliphatic rings. The van der Waals surface area contributed by atoms with Crippen molar-refractivity contribution in [1.82, 2.24) is 4.98 Å². The van der Waals surface area contributed by atoms with Crippen molar-refractivity contribution in [3.05, 3.63) is 53.9 Å². The minimum Gasteiger partial charge on any atom is -0.490 e. The van der Waals surface area contributed by atoms with Gasteiger partial charge in [-0.25, -0.2) is 0 Å². The summed E-state index contributed by atoms with van der Waals surface area (Å²) >= 11 is 0. The van der Waals surface area contributed by atoms with Crippen molar-refractivity contribution in [3.63, 3.8) is 0 Å². The van der Waals surface area contributed by atoms with Crippen LogP contribution >= 0.6 is 0 Å². The van der Waals surface area contributed by atoms with E-state index < -0.39 is 0 Å². The molecular formula is C20H23NO3. The molecule has 0 spiro atoms. The van der Waals surface area contributed by atoms with E-state index in [1.165, 1.54) is 0 Å². The maximum absolute atomic E-state index is 11.9. The highest BCUT2D eigenvalue weighted by atomic mass is 16.6. The van der Waals surface area contributed by atoms with E-state index in [-0.39, 0.29) is 11.9 Å². The molecule has 0 saturated carbocycles. The summed E-state index contributed by atoms with van der Waals surface area (Å²) in [4.78, 5) is 16.1. The van der Waals surface area contributed by atoms with Gasteiger partial charge in [0.15, 0.2) is 11.5 Å². The van der Waals surface area contributed by atoms with Crippen LogP contribution in [-0.4, -0.2) is 17.6 Å². The second kappa shape index (κ2) is 8.87. The number of benzene rings is 1. The van der Waals surface area contributed by atoms with E-state index >= 15 is 0 Å². The fourth-order valence-electron chi connectivity index (χ4n) is 2.13. The van der Waals surface area contributed by atoms with Crippen LogP contribution in [0, 0.1) is 5.92 Å². The Bertz CT molecular complexity index is 693. The number of ether oxygens (including phenoxy) is 2. The van der Waals surface area contributed by atoms with Crippen LogP contribution in [0.15, 0.2) is 42.6 Å². The van der Waals surface area contributed by atoms with Crippen molar-refractivity contribution in [2.45, 2.75) is 27.2 Å². The number of aromatic nitrogens is 1. The lowest BCUT2D eigenvalue weighted by molar-refractivity contribution is -0.135. The Balaban J connectivity index is 2.16. The highest BCUT2D eigenvalue weighted by Crippen LogP contribution is 2.29. The molecule has 4 heteroatoms. The molecule has 0 aliphatic carbocycles. The molecule has 0 bridgehead atoms. The van der Waals surface area contributed by atoms with Crippen LogP contribution in [0.5, 0.6) is 11.5 Å². The Kier molecular flexibility index (Phi) is 6.55. The lowest BCUT2D eigenvalue weighted by Gasteiger charge is -2.12. The van der Waals surface area contributed by atoms with Crippen LogP contribution in [0.2, 0.25) is 0 Å². The number of carbonyl (C=O) groups is 1. The normalized spacial score (nSPS) is 11.0. The molecule has 126 valence electrons. The van der Waals surface area contributed by atoms with Crippen molar-refractivity contribution in [1.29, 1.82) is 0 Å². The van der Waals surface area contributed by atoms with Gasteiger partial charge in [-0.15, -0.1) is 0 Å². The predicted octanol–water partition coefficient (Wildman–Crippen LogP) is 4.60. The van der Waals surface area contributed by atoms with Gasteiger partial charge in [0.1, 0.15) is 0 Å². The highest BCUT2D eigenvalue weighted by molar-refractivity contribution is 5.74. The molecule has 0 amide bonds. The van der Waals surface area contributed by atoms with Crippen LogP contribution in [0.4, 0.5) is 0 Å². The number of esters is 1. The fraction of sp³-hybridized carbons (Fsp3) is 0.300. The van der Waals surface area contributed by atoms with Gasteiger partial charge in [-0.2, -0.15) is 0 Å². The van der Waals surface area contributed by atoms with E-state index in [0.717, 1.165) is 11.3 Å². The van der Waals surface area contributed by atoms with E-state index in [4.69, 9.17) is 9.47 Å². The summed E-state index contributed by atoms with van der Waals surface area (Å²) in [5, 5.41) is 0. The zero-order chi connectivity index (χ0) is 17.4. The number of pyridine rings is 1. The number of carbonyl (C=O) groups excluding carboxylic acids is 1. The third-order valence-electron chi connectivity index (χ3n) is 3.20. The minimum absolute atomic E-state index is 0.247. The fourth-order valence-corrected chi connectivity index (χ4v) is 2.13. The molecule has 0 unspecified atom stereocenters. The van der Waals surface area contributed by atoms with Gasteiger partial charge < -0.3 is 9.47 Å². The summed E-state index contributed by atoms with van der Waals surface area (Å²) in [6.45, 7) is 6.37. The Hall–Kier alpha value is -2.62. The topological polar surface area (TPSA) is 48.4 Å². The minimum atomic E-state index is -0.247. The molecule has 0 radical (unpaired) electrons. The van der Waals surface area contributed by atoms with Gasteiger partial charge in [0, 0.05) is 12.6 Å². The summed E-state index contributed by atoms with van der Waals surface area (Å²) in [7, 11) is 0. The molecule has 1 heterocycles. The third-order valence-corrected chi connectivity index (χ3v) is 3.20. The molecular weight excluding hydrogens is 302 g/mol. The molecule has 1 aromatic carbocycles. The second-order valence-electron chi connectivity index (χ2n) is 5.80. The lowest BCUT2D eigenvalue weighted by atomic mass is 10.1. The first-order valence-electron chi connectivity index (χ1n) is 8.15. The first-order valence-corrected chi connectivity index (χ1v) is 8.15. The summed E-state index contributed by atoms with van der Waals surface area (Å²) < 4.78 is 11.0. The quantitative estimate of drug-likeness (QED) is 0.551. The van der Waals surface area contributed by atoms with E-state index in [2.05, 4.69) is 4.98 Å². The predicted molar refractivity (Wildman–Crippen MR) is 95.9 cm³/mol. The molecule has 24 heavy (non-hydrogen) atoms. The maximum atomic E-state index is 11.9. The number of hydrogen-bond donors (Lipinski definition) is 0. The molecule has 0 N–H and O–H groups in total. The van der Waals surface area contributed by atoms with Crippen LogP contribution < -0.4 is 9.47 Å². The zero-order valence-electron chi connectivity index (χ0n) is 14.4. The number of nitrogens with zero attached hydrogens (tertiary/aromatic N) is 1. The smallest absolute Gasteiger partial charge is 0.311 e. The van der Waals surface area contributed by atoms with Gasteiger partial charge in [-0.3, -0.25) is 9.78 Å². The zero-order valence-corrected chi connectivity index (χ0v) is 14.4. The second-order valence-corrected chi connectivity index (χ2v) is 5.80. The molecule has 1 aromatic heterocycles. The van der Waals surface area contributed by atoms with Crippen molar-refractivity contribution in [2.24, 2.45) is 5.92 Å². The monoisotopic (exact) mass is 325 g/mol. The average Bonchev–Trinajstić information content (AvgIpc) is 2.55. The van der Waals surface area contributed by atoms with Crippen molar-refractivity contribution < 1.29 is 14.3 Å². The first kappa shape index (κ1) is 17.7. The SMILES string of the molecule is CCOc1cc(/C=C/c2ccccn2)ccc1OC(=O)CC(C)C. The highest BCUT2D eigenvalue weighted by Gasteiger charge is 2.12. The Morgan fingerprint density at radius 1 is 1.17 bits per heavy atom. The molecule has 0 saturated heterocycles. The average molecular weight is 325 g/mol. The van der Waals surface area contributed by atoms with Gasteiger partial charge >= 0.3 is 5.97 Å². The van der Waals surface area contributed by atoms with E-state index in [9.17, 15) is 4.79 Å². The standard InChI is InChI=1S/C20H23NO3/c1-4-23-19-14-16(8-10-17-7-5-6-12-21-17)9-11-18(19)24-20(22)13-15(2)3/h5-12,14-15H,4,13H2,1-3H3/b10-8+. The molecule has 0 fully saturated rings. The van der Waals surface area contributed by atoms with Crippen LogP contribution in [-0.2, 0) is 4.79 Å². The number of rotatable bonds is 7. The Labute approximate surface area is 143 Å². The summed E-state index contributed by atoms with van der Waals surface area (Å²) in [5.41, 5.74) is 1.83. The van der Waals surface area contributed by atoms with Crippen LogP contribution in [0.1, 0.15) is 38.4 Å². The summed E-state index contributed by atoms with van der Waals surface area (Å²) in [6, 6.07) is 11.3. The van der Waals surface area contributed by atoms with E-state index in [1.54, 1.807) is 12.3 Å². The molecule has 0 aliphatic heterocycles. The molecule has 2 rings (SSSR count). The summed E-state index contributed by atoms with van der Waals surface area (Å²) in [5.74, 6) is 1.03. The molecule has 4 nitrogen and oxygen atoms in total. The Morgan fingerprint density at radius 2 is 2.00 bits per heavy atom. The van der Waals surface area contributed by atoms with Gasteiger partial charge in [0.05, 0.1) is 12.3 Å². The summed E-state index contributed by atoms with van der Waals surface area (Å²) in [6.07, 6.45) is 6.01. The molecule has 2 aromatic rings. The Morgan fingerprint density at radius 3 is 2.67 bits per heavy atom. The van der Waals surface area contributed by atoms with Crippen LogP contribution in [0.25, 0.3) is 12.2 Å². The molecule has 0 atom stereocenters. The van der Waals surface area contributed by atoms with E-state index in [0.29, 0.717) is 24.5 Å². The van der Waals surface area contributed by atoms with Gasteiger partial charge in [-0.05, 0) is 48.7 Å². The maximum Gasteiger partial charge on any atom is 0.311 e. The lowest BCUT2D eigenvalue weighted by Crippen LogP contribution is -2.11. The first-order chi connectivity index (χ1) is 11.6. The van der Waals surface area contributed by atoms with Crippen LogP contribution in [0.3, 0.4) is 0 Å². The number of hydrogen-bond acceptors (Lipinski definition) is 4.